The SMILES string of the molecule is CCCCCNNC(C)C[Si](OC)(OC)OC. The van der Waals surface area contributed by atoms with E-state index < -0.39 is 8.80 Å². The average Bonchev–Trinajstić information content (AvgIpc) is 2.36. The van der Waals surface area contributed by atoms with Crippen molar-refractivity contribution < 1.29 is 13.3 Å². The summed E-state index contributed by atoms with van der Waals surface area (Å²) in [5, 5.41) is 0. The molecule has 0 aromatic heterocycles. The van der Waals surface area contributed by atoms with Crippen molar-refractivity contribution >= 4 is 8.80 Å². The lowest BCUT2D eigenvalue weighted by Crippen LogP contribution is -2.50. The van der Waals surface area contributed by atoms with E-state index in [9.17, 15) is 0 Å². The molecule has 104 valence electrons. The average molecular weight is 264 g/mol. The van der Waals surface area contributed by atoms with E-state index in [-0.39, 0.29) is 6.04 Å². The molecule has 6 heteroatoms. The van der Waals surface area contributed by atoms with Crippen LogP contribution in [0.1, 0.15) is 33.1 Å². The molecule has 5 nitrogen and oxygen atoms in total. The number of hydrogen-bond acceptors (Lipinski definition) is 5. The molecular formula is C11H28N2O3Si. The van der Waals surface area contributed by atoms with Crippen LogP contribution in [-0.4, -0.2) is 42.7 Å². The molecule has 1 atom stereocenters. The molecule has 0 fully saturated rings. The van der Waals surface area contributed by atoms with E-state index in [4.69, 9.17) is 13.3 Å². The summed E-state index contributed by atoms with van der Waals surface area (Å²) in [7, 11) is 2.46. The Bertz CT molecular complexity index is 172. The van der Waals surface area contributed by atoms with Gasteiger partial charge in [0.05, 0.1) is 0 Å². The van der Waals surface area contributed by atoms with Crippen molar-refractivity contribution in [2.45, 2.75) is 45.2 Å². The zero-order chi connectivity index (χ0) is 13.1. The fourth-order valence-corrected chi connectivity index (χ4v) is 3.49. The van der Waals surface area contributed by atoms with Gasteiger partial charge in [0.1, 0.15) is 0 Å². The van der Waals surface area contributed by atoms with Crippen LogP contribution in [-0.2, 0) is 13.3 Å². The summed E-state index contributed by atoms with van der Waals surface area (Å²) in [5.41, 5.74) is 6.46. The molecular weight excluding hydrogens is 236 g/mol. The number of nitrogens with one attached hydrogen (secondary N) is 2. The van der Waals surface area contributed by atoms with Gasteiger partial charge in [-0.05, 0) is 13.3 Å². The Kier molecular flexibility index (Phi) is 10.00. The Hall–Kier alpha value is 0.0169. The van der Waals surface area contributed by atoms with Crippen molar-refractivity contribution in [3.05, 3.63) is 0 Å². The van der Waals surface area contributed by atoms with Gasteiger partial charge in [0, 0.05) is 40.0 Å². The highest BCUT2D eigenvalue weighted by Crippen LogP contribution is 2.14. The van der Waals surface area contributed by atoms with Crippen molar-refractivity contribution in [3.63, 3.8) is 0 Å². The van der Waals surface area contributed by atoms with Crippen LogP contribution >= 0.6 is 0 Å². The second-order valence-electron chi connectivity index (χ2n) is 4.18. The largest absolute Gasteiger partial charge is 0.501 e. The van der Waals surface area contributed by atoms with Gasteiger partial charge in [-0.3, -0.25) is 10.9 Å². The van der Waals surface area contributed by atoms with E-state index in [0.717, 1.165) is 12.6 Å². The predicted molar refractivity (Wildman–Crippen MR) is 71.7 cm³/mol. The molecule has 17 heavy (non-hydrogen) atoms. The lowest BCUT2D eigenvalue weighted by Gasteiger charge is -2.27. The molecule has 0 aliphatic heterocycles. The van der Waals surface area contributed by atoms with Gasteiger partial charge in [0.15, 0.2) is 0 Å². The summed E-state index contributed by atoms with van der Waals surface area (Å²) in [6.45, 7) is 5.27. The van der Waals surface area contributed by atoms with Crippen LogP contribution in [0.25, 0.3) is 0 Å². The molecule has 0 aliphatic carbocycles. The minimum Gasteiger partial charge on any atom is -0.377 e. The van der Waals surface area contributed by atoms with Crippen molar-refractivity contribution in [2.75, 3.05) is 27.9 Å². The Morgan fingerprint density at radius 3 is 2.12 bits per heavy atom. The van der Waals surface area contributed by atoms with Gasteiger partial charge in [-0.2, -0.15) is 0 Å². The van der Waals surface area contributed by atoms with Gasteiger partial charge in [-0.1, -0.05) is 19.8 Å². The van der Waals surface area contributed by atoms with Gasteiger partial charge in [0.2, 0.25) is 0 Å². The summed E-state index contributed by atoms with van der Waals surface area (Å²) < 4.78 is 16.1. The van der Waals surface area contributed by atoms with Crippen LogP contribution in [0, 0.1) is 0 Å². The minimum atomic E-state index is -2.46. The van der Waals surface area contributed by atoms with Crippen LogP contribution in [0.3, 0.4) is 0 Å². The van der Waals surface area contributed by atoms with Crippen LogP contribution in [0.5, 0.6) is 0 Å². The lowest BCUT2D eigenvalue weighted by atomic mass is 10.2. The fraction of sp³-hybridized carbons (Fsp3) is 1.00. The maximum Gasteiger partial charge on any atom is 0.501 e. The van der Waals surface area contributed by atoms with Crippen molar-refractivity contribution in [3.8, 4) is 0 Å². The quantitative estimate of drug-likeness (QED) is 0.337. The Morgan fingerprint density at radius 2 is 1.65 bits per heavy atom. The van der Waals surface area contributed by atoms with E-state index >= 15 is 0 Å². The molecule has 0 aromatic rings. The summed E-state index contributed by atoms with van der Waals surface area (Å²) in [6.07, 6.45) is 3.69. The summed E-state index contributed by atoms with van der Waals surface area (Å²) in [4.78, 5) is 0. The van der Waals surface area contributed by atoms with Gasteiger partial charge < -0.3 is 13.3 Å². The van der Waals surface area contributed by atoms with E-state index in [2.05, 4.69) is 24.7 Å². The van der Waals surface area contributed by atoms with Crippen molar-refractivity contribution in [1.29, 1.82) is 0 Å². The zero-order valence-electron chi connectivity index (χ0n) is 11.8. The number of rotatable bonds is 11. The molecule has 0 spiro atoms. The molecule has 0 bridgehead atoms. The van der Waals surface area contributed by atoms with Gasteiger partial charge in [0.25, 0.3) is 0 Å². The number of unbranched alkanes of at least 4 members (excludes halogenated alkanes) is 2. The third-order valence-electron chi connectivity index (χ3n) is 2.74. The Balaban J connectivity index is 3.79. The molecule has 0 heterocycles. The molecule has 0 rings (SSSR count). The third-order valence-corrected chi connectivity index (χ3v) is 5.72. The first-order valence-electron chi connectivity index (χ1n) is 6.28. The summed E-state index contributed by atoms with van der Waals surface area (Å²) in [6, 6.07) is 1.00. The van der Waals surface area contributed by atoms with Crippen molar-refractivity contribution in [1.82, 2.24) is 10.9 Å². The molecule has 0 radical (unpaired) electrons. The van der Waals surface area contributed by atoms with Crippen LogP contribution < -0.4 is 10.9 Å². The third kappa shape index (κ3) is 7.12. The van der Waals surface area contributed by atoms with E-state index in [1.807, 2.05) is 0 Å². The standard InChI is InChI=1S/C11H28N2O3Si/c1-6-7-8-9-12-13-11(2)10-17(14-3,15-4)16-5/h11-13H,6-10H2,1-5H3. The first kappa shape index (κ1) is 17.0. The fourth-order valence-electron chi connectivity index (χ4n) is 1.64. The number of hydrazine groups is 1. The van der Waals surface area contributed by atoms with E-state index in [1.54, 1.807) is 21.3 Å². The molecule has 0 amide bonds. The first-order chi connectivity index (χ1) is 8.14. The van der Waals surface area contributed by atoms with E-state index in [1.165, 1.54) is 19.3 Å². The maximum atomic E-state index is 5.38. The molecule has 0 saturated carbocycles. The molecule has 0 aliphatic rings. The summed E-state index contributed by atoms with van der Waals surface area (Å²) in [5.74, 6) is 0. The molecule has 0 aromatic carbocycles. The maximum absolute atomic E-state index is 5.38. The monoisotopic (exact) mass is 264 g/mol. The van der Waals surface area contributed by atoms with Crippen LogP contribution in [0.2, 0.25) is 6.04 Å². The highest BCUT2D eigenvalue weighted by atomic mass is 28.4. The Labute approximate surface area is 107 Å². The topological polar surface area (TPSA) is 51.8 Å². The summed E-state index contributed by atoms with van der Waals surface area (Å²) >= 11 is 0. The minimum absolute atomic E-state index is 0.253. The smallest absolute Gasteiger partial charge is 0.377 e. The lowest BCUT2D eigenvalue weighted by molar-refractivity contribution is 0.120. The second-order valence-corrected chi connectivity index (χ2v) is 7.18. The number of hydrogen-bond donors (Lipinski definition) is 2. The predicted octanol–water partition coefficient (Wildman–Crippen LogP) is 1.54. The van der Waals surface area contributed by atoms with Gasteiger partial charge in [-0.15, -0.1) is 0 Å². The van der Waals surface area contributed by atoms with Gasteiger partial charge >= 0.3 is 8.80 Å². The Morgan fingerprint density at radius 1 is 1.06 bits per heavy atom. The zero-order valence-corrected chi connectivity index (χ0v) is 12.8. The van der Waals surface area contributed by atoms with Crippen LogP contribution in [0.4, 0.5) is 0 Å². The molecule has 2 N–H and O–H groups in total. The highest BCUT2D eigenvalue weighted by Gasteiger charge is 2.39. The van der Waals surface area contributed by atoms with Crippen molar-refractivity contribution in [2.24, 2.45) is 0 Å². The normalized spacial score (nSPS) is 13.9. The highest BCUT2D eigenvalue weighted by molar-refractivity contribution is 6.60. The molecule has 0 saturated heterocycles. The second kappa shape index (κ2) is 9.99. The molecule has 1 unspecified atom stereocenters. The van der Waals surface area contributed by atoms with Gasteiger partial charge in [-0.25, -0.2) is 0 Å². The van der Waals surface area contributed by atoms with E-state index in [0.29, 0.717) is 0 Å². The van der Waals surface area contributed by atoms with Crippen LogP contribution in [0.15, 0.2) is 0 Å². The first-order valence-corrected chi connectivity index (χ1v) is 8.21.